The predicted molar refractivity (Wildman–Crippen MR) is 324 cm³/mol. The van der Waals surface area contributed by atoms with Gasteiger partial charge in [0.25, 0.3) is 6.71 Å². The first-order valence-electron chi connectivity index (χ1n) is 28.4. The number of benzene rings is 6. The van der Waals surface area contributed by atoms with Crippen LogP contribution in [0.5, 0.6) is 0 Å². The third-order valence-electron chi connectivity index (χ3n) is 18.1. The third-order valence-corrected chi connectivity index (χ3v) is 19.2. The Kier molecular flexibility index (Phi) is 11.5. The normalized spacial score (nSPS) is 21.1. The SMILES string of the molecule is CC(C)(C)c1cc(N2c3ccc(C(C)(C)C)cc3B3c4nc(N(c5ccccc5)c5ccccc5)sc4N(c4cc(C(C)(C)C)cc(C(C)(C)C)c4)c4cc(C56CC7CC(CC(C7)C5)C6)cc2c43)cc(C(C)(C)C)c1. The molecule has 0 unspecified atom stereocenters. The van der Waals surface area contributed by atoms with Gasteiger partial charge in [0.15, 0.2) is 5.13 Å². The van der Waals surface area contributed by atoms with Gasteiger partial charge >= 0.3 is 0 Å². The van der Waals surface area contributed by atoms with E-state index in [0.717, 1.165) is 39.9 Å². The smallest absolute Gasteiger partial charge is 0.276 e. The largest absolute Gasteiger partial charge is 0.311 e. The number of rotatable bonds is 6. The molecule has 4 nitrogen and oxygen atoms in total. The lowest BCUT2D eigenvalue weighted by atomic mass is 9.35. The minimum absolute atomic E-state index is 0.0529. The van der Waals surface area contributed by atoms with Crippen molar-refractivity contribution in [1.82, 2.24) is 4.98 Å². The van der Waals surface area contributed by atoms with Crippen LogP contribution in [0.4, 0.5) is 49.9 Å². The van der Waals surface area contributed by atoms with E-state index < -0.39 is 0 Å². The summed E-state index contributed by atoms with van der Waals surface area (Å²) >= 11 is 1.86. The van der Waals surface area contributed by atoms with Crippen LogP contribution in [-0.2, 0) is 32.5 Å². The molecule has 7 aromatic rings. The van der Waals surface area contributed by atoms with Gasteiger partial charge in [-0.2, -0.15) is 0 Å². The van der Waals surface area contributed by atoms with Crippen LogP contribution < -0.4 is 31.2 Å². The van der Waals surface area contributed by atoms with Crippen molar-refractivity contribution in [2.75, 3.05) is 14.7 Å². The number of para-hydroxylation sites is 2. The summed E-state index contributed by atoms with van der Waals surface area (Å²) in [5.74, 6) is 2.44. The zero-order valence-electron chi connectivity index (χ0n) is 47.9. The van der Waals surface area contributed by atoms with Gasteiger partial charge in [0.1, 0.15) is 5.00 Å². The van der Waals surface area contributed by atoms with Crippen LogP contribution in [0.15, 0.2) is 127 Å². The van der Waals surface area contributed by atoms with E-state index in [1.807, 2.05) is 11.3 Å². The van der Waals surface area contributed by atoms with Crippen molar-refractivity contribution in [3.8, 4) is 0 Å². The van der Waals surface area contributed by atoms with Crippen LogP contribution in [0.3, 0.4) is 0 Å². The van der Waals surface area contributed by atoms with Crippen molar-refractivity contribution >= 4 is 84.5 Å². The Morgan fingerprint density at radius 2 is 0.907 bits per heavy atom. The Hall–Kier alpha value is -5.59. The Balaban J connectivity index is 1.23. The van der Waals surface area contributed by atoms with Gasteiger partial charge in [-0.3, -0.25) is 4.90 Å². The monoisotopic (exact) mass is 1010 g/mol. The minimum Gasteiger partial charge on any atom is -0.311 e. The van der Waals surface area contributed by atoms with Gasteiger partial charge < -0.3 is 9.80 Å². The molecular formula is C69H81BN4S. The molecular weight excluding hydrogens is 928 g/mol. The first kappa shape index (κ1) is 50.2. The van der Waals surface area contributed by atoms with E-state index in [0.29, 0.717) is 0 Å². The summed E-state index contributed by atoms with van der Waals surface area (Å²) in [6, 6.07) is 49.9. The van der Waals surface area contributed by atoms with Crippen LogP contribution in [0.2, 0.25) is 0 Å². The van der Waals surface area contributed by atoms with Crippen molar-refractivity contribution in [2.24, 2.45) is 17.8 Å². The van der Waals surface area contributed by atoms with Gasteiger partial charge in [-0.25, -0.2) is 4.98 Å². The molecule has 75 heavy (non-hydrogen) atoms. The molecule has 6 heteroatoms. The highest BCUT2D eigenvalue weighted by Gasteiger charge is 2.54. The van der Waals surface area contributed by atoms with Gasteiger partial charge in [-0.05, 0) is 200 Å². The maximum absolute atomic E-state index is 6.09. The van der Waals surface area contributed by atoms with Gasteiger partial charge in [0.05, 0.1) is 5.59 Å². The van der Waals surface area contributed by atoms with E-state index in [2.05, 4.69) is 246 Å². The fourth-order valence-corrected chi connectivity index (χ4v) is 15.4. The Morgan fingerprint density at radius 3 is 1.35 bits per heavy atom. The summed E-state index contributed by atoms with van der Waals surface area (Å²) in [5.41, 5.74) is 20.6. The third kappa shape index (κ3) is 8.68. The molecule has 2 aliphatic heterocycles. The maximum Gasteiger partial charge on any atom is 0.276 e. The summed E-state index contributed by atoms with van der Waals surface area (Å²) in [7, 11) is 0. The van der Waals surface area contributed by atoms with Crippen LogP contribution >= 0.6 is 11.3 Å². The van der Waals surface area contributed by atoms with E-state index in [-0.39, 0.29) is 39.2 Å². The molecule has 1 aromatic heterocycles. The summed E-state index contributed by atoms with van der Waals surface area (Å²) < 4.78 is 0. The highest BCUT2D eigenvalue weighted by Crippen LogP contribution is 2.62. The van der Waals surface area contributed by atoms with Crippen molar-refractivity contribution < 1.29 is 0 Å². The summed E-state index contributed by atoms with van der Waals surface area (Å²) in [4.78, 5) is 13.9. The van der Waals surface area contributed by atoms with Crippen LogP contribution in [0.1, 0.15) is 176 Å². The molecule has 13 rings (SSSR count). The minimum atomic E-state index is -0.112. The summed E-state index contributed by atoms with van der Waals surface area (Å²) in [6.45, 7) is 35.6. The summed E-state index contributed by atoms with van der Waals surface area (Å²) in [6.07, 6.45) is 8.14. The van der Waals surface area contributed by atoms with Gasteiger partial charge in [-0.1, -0.05) is 176 Å². The molecule has 0 amide bonds. The number of aromatic nitrogens is 1. The van der Waals surface area contributed by atoms with Gasteiger partial charge in [0, 0.05) is 39.8 Å². The standard InChI is InChI=1S/C69H81BN4S/c1-64(2,3)46-26-27-57-56(37-46)70-60-58(73(57)54-33-47(65(4,5)6)31-48(34-54)66(7,8)9)38-51(69-40-43-28-44(41-69)30-45(29-43)42-69)39-59(60)74(55-35-49(67(10,11)12)32-50(36-55)68(13,14)15)62-61(70)71-63(75-62)72(52-22-18-16-19-23-52)53-24-20-17-21-25-53/h16-27,31-39,43-45H,28-30,40-42H2,1-15H3. The highest BCUT2D eigenvalue weighted by atomic mass is 32.1. The predicted octanol–water partition coefficient (Wildman–Crippen LogP) is 17.7. The quantitative estimate of drug-likeness (QED) is 0.155. The van der Waals surface area contributed by atoms with Gasteiger partial charge in [0.2, 0.25) is 0 Å². The topological polar surface area (TPSA) is 22.6 Å². The molecule has 0 saturated heterocycles. The van der Waals surface area contributed by atoms with Crippen LogP contribution in [0, 0.1) is 17.8 Å². The molecule has 0 atom stereocenters. The second-order valence-electron chi connectivity index (χ2n) is 29.0. The highest BCUT2D eigenvalue weighted by molar-refractivity contribution is 7.23. The van der Waals surface area contributed by atoms with E-state index in [1.54, 1.807) is 5.56 Å². The lowest BCUT2D eigenvalue weighted by Gasteiger charge is -2.57. The van der Waals surface area contributed by atoms with E-state index in [1.165, 1.54) is 111 Å². The molecule has 4 aliphatic carbocycles. The number of hydrogen-bond donors (Lipinski definition) is 0. The Morgan fingerprint density at radius 1 is 0.480 bits per heavy atom. The molecule has 4 saturated carbocycles. The second kappa shape index (κ2) is 17.2. The van der Waals surface area contributed by atoms with Crippen molar-refractivity contribution in [2.45, 2.75) is 175 Å². The van der Waals surface area contributed by atoms with Crippen LogP contribution in [-0.4, -0.2) is 11.7 Å². The average molecular weight is 1010 g/mol. The van der Waals surface area contributed by atoms with E-state index in [9.17, 15) is 0 Å². The lowest BCUT2D eigenvalue weighted by molar-refractivity contribution is -0.00514. The molecule has 0 N–H and O–H groups in total. The molecule has 4 fully saturated rings. The first-order valence-corrected chi connectivity index (χ1v) is 29.2. The number of anilines is 9. The Labute approximate surface area is 455 Å². The molecule has 386 valence electrons. The van der Waals surface area contributed by atoms with Crippen molar-refractivity contribution in [3.63, 3.8) is 0 Å². The maximum atomic E-state index is 6.09. The van der Waals surface area contributed by atoms with E-state index >= 15 is 0 Å². The number of thiazole rings is 1. The average Bonchev–Trinajstić information content (AvgIpc) is 3.79. The Bertz CT molecular complexity index is 3210. The molecule has 0 radical (unpaired) electrons. The molecule has 6 aromatic carbocycles. The second-order valence-corrected chi connectivity index (χ2v) is 29.9. The van der Waals surface area contributed by atoms with Crippen molar-refractivity contribution in [1.29, 1.82) is 0 Å². The fourth-order valence-electron chi connectivity index (χ4n) is 14.2. The lowest BCUT2D eigenvalue weighted by Crippen LogP contribution is -2.62. The molecule has 4 bridgehead atoms. The van der Waals surface area contributed by atoms with Crippen LogP contribution in [0.25, 0.3) is 0 Å². The molecule has 0 spiro atoms. The number of nitrogens with zero attached hydrogens (tertiary/aromatic N) is 4. The molecule has 3 heterocycles. The zero-order valence-corrected chi connectivity index (χ0v) is 48.7. The fraction of sp³-hybridized carbons (Fsp3) is 0.435. The van der Waals surface area contributed by atoms with E-state index in [4.69, 9.17) is 4.98 Å². The zero-order chi connectivity index (χ0) is 52.9. The molecule has 6 aliphatic rings. The first-order chi connectivity index (χ1) is 35.2. The summed E-state index contributed by atoms with van der Waals surface area (Å²) in [5, 5.41) is 2.19. The van der Waals surface area contributed by atoms with Gasteiger partial charge in [-0.15, -0.1) is 0 Å². The number of fused-ring (bicyclic) bond motifs is 4. The van der Waals surface area contributed by atoms with Crippen molar-refractivity contribution in [3.05, 3.63) is 161 Å². The number of hydrogen-bond acceptors (Lipinski definition) is 5.